The molecule has 0 heterocycles. The quantitative estimate of drug-likeness (QED) is 0.712. The largest absolute Gasteiger partial charge is 0.460 e. The molecule has 0 fully saturated rings. The van der Waals surface area contributed by atoms with Crippen molar-refractivity contribution in [2.45, 2.75) is 66.0 Å². The molecule has 0 aliphatic carbocycles. The lowest BCUT2D eigenvalue weighted by molar-refractivity contribution is -0.159. The molecule has 0 aromatic rings. The summed E-state index contributed by atoms with van der Waals surface area (Å²) >= 11 is 0. The molecule has 0 radical (unpaired) electrons. The Bertz CT molecular complexity index is 208. The minimum absolute atomic E-state index is 0.0847. The van der Waals surface area contributed by atoms with Crippen LogP contribution >= 0.6 is 0 Å². The molecule has 0 unspecified atom stereocenters. The summed E-state index contributed by atoms with van der Waals surface area (Å²) in [5.41, 5.74) is -0.389. The molecule has 16 heavy (non-hydrogen) atoms. The zero-order valence-electron chi connectivity index (χ0n) is 11.6. The second kappa shape index (κ2) is 6.89. The van der Waals surface area contributed by atoms with E-state index in [1.54, 1.807) is 0 Å². The maximum absolute atomic E-state index is 11.7. The Morgan fingerprint density at radius 1 is 1.31 bits per heavy atom. The molecule has 0 amide bonds. The van der Waals surface area contributed by atoms with Crippen LogP contribution in [-0.4, -0.2) is 24.2 Å². The molecule has 3 nitrogen and oxygen atoms in total. The predicted molar refractivity (Wildman–Crippen MR) is 67.4 cm³/mol. The van der Waals surface area contributed by atoms with Gasteiger partial charge >= 0.3 is 5.97 Å². The first-order valence-electron chi connectivity index (χ1n) is 6.22. The molecule has 0 spiro atoms. The highest BCUT2D eigenvalue weighted by Gasteiger charge is 2.21. The Hall–Kier alpha value is -0.570. The van der Waals surface area contributed by atoms with Crippen LogP contribution < -0.4 is 5.32 Å². The van der Waals surface area contributed by atoms with Gasteiger partial charge in [0, 0.05) is 12.6 Å². The minimum Gasteiger partial charge on any atom is -0.460 e. The van der Waals surface area contributed by atoms with Gasteiger partial charge in [0.15, 0.2) is 0 Å². The molecular formula is C13H27NO2. The maximum Gasteiger partial charge on any atom is 0.310 e. The van der Waals surface area contributed by atoms with Gasteiger partial charge in [-0.15, -0.1) is 0 Å². The van der Waals surface area contributed by atoms with Crippen molar-refractivity contribution < 1.29 is 9.53 Å². The summed E-state index contributed by atoms with van der Waals surface area (Å²) in [6, 6.07) is 0.467. The van der Waals surface area contributed by atoms with Crippen molar-refractivity contribution in [3.05, 3.63) is 0 Å². The SMILES string of the molecule is CCC[C@H](C)NC[C@@H](C)C(=O)OC(C)(C)C. The Morgan fingerprint density at radius 2 is 1.88 bits per heavy atom. The third kappa shape index (κ3) is 7.69. The molecule has 0 aromatic carbocycles. The van der Waals surface area contributed by atoms with Gasteiger partial charge < -0.3 is 10.1 Å². The van der Waals surface area contributed by atoms with Crippen molar-refractivity contribution in [1.82, 2.24) is 5.32 Å². The second-order valence-corrected chi connectivity index (χ2v) is 5.53. The molecule has 0 rings (SSSR count). The summed E-state index contributed by atoms with van der Waals surface area (Å²) in [7, 11) is 0. The molecule has 0 bridgehead atoms. The van der Waals surface area contributed by atoms with E-state index in [1.807, 2.05) is 27.7 Å². The summed E-state index contributed by atoms with van der Waals surface area (Å²) < 4.78 is 5.31. The standard InChI is InChI=1S/C13H27NO2/c1-7-8-11(3)14-9-10(2)12(15)16-13(4,5)6/h10-11,14H,7-9H2,1-6H3/t10-,11+/m1/s1. The number of hydrogen-bond acceptors (Lipinski definition) is 3. The molecule has 0 saturated heterocycles. The minimum atomic E-state index is -0.389. The number of hydrogen-bond donors (Lipinski definition) is 1. The van der Waals surface area contributed by atoms with Gasteiger partial charge in [0.2, 0.25) is 0 Å². The van der Waals surface area contributed by atoms with Crippen LogP contribution in [0.5, 0.6) is 0 Å². The van der Waals surface area contributed by atoms with E-state index < -0.39 is 0 Å². The molecular weight excluding hydrogens is 202 g/mol. The van der Waals surface area contributed by atoms with E-state index in [4.69, 9.17) is 4.74 Å². The first-order valence-corrected chi connectivity index (χ1v) is 6.22. The highest BCUT2D eigenvalue weighted by molar-refractivity contribution is 5.72. The Kier molecular flexibility index (Phi) is 6.65. The van der Waals surface area contributed by atoms with Crippen LogP contribution in [-0.2, 0) is 9.53 Å². The average molecular weight is 229 g/mol. The van der Waals surface area contributed by atoms with E-state index in [0.29, 0.717) is 12.6 Å². The van der Waals surface area contributed by atoms with E-state index in [-0.39, 0.29) is 17.5 Å². The highest BCUT2D eigenvalue weighted by Crippen LogP contribution is 2.10. The Labute approximate surface area is 99.9 Å². The zero-order valence-corrected chi connectivity index (χ0v) is 11.6. The summed E-state index contributed by atoms with van der Waals surface area (Å²) in [6.07, 6.45) is 2.30. The van der Waals surface area contributed by atoms with Gasteiger partial charge in [-0.05, 0) is 34.1 Å². The van der Waals surface area contributed by atoms with Crippen molar-refractivity contribution in [3.63, 3.8) is 0 Å². The topological polar surface area (TPSA) is 38.3 Å². The Morgan fingerprint density at radius 3 is 2.31 bits per heavy atom. The van der Waals surface area contributed by atoms with Crippen LogP contribution in [0.15, 0.2) is 0 Å². The molecule has 0 aliphatic rings. The lowest BCUT2D eigenvalue weighted by Crippen LogP contribution is -2.36. The number of carbonyl (C=O) groups is 1. The number of carbonyl (C=O) groups excluding carboxylic acids is 1. The highest BCUT2D eigenvalue weighted by atomic mass is 16.6. The third-order valence-corrected chi connectivity index (χ3v) is 2.30. The van der Waals surface area contributed by atoms with Crippen LogP contribution in [0.2, 0.25) is 0 Å². The monoisotopic (exact) mass is 229 g/mol. The molecule has 96 valence electrons. The fourth-order valence-electron chi connectivity index (χ4n) is 1.40. The van der Waals surface area contributed by atoms with Gasteiger partial charge in [0.05, 0.1) is 5.92 Å². The normalized spacial score (nSPS) is 15.6. The lowest BCUT2D eigenvalue weighted by atomic mass is 10.1. The smallest absolute Gasteiger partial charge is 0.310 e. The second-order valence-electron chi connectivity index (χ2n) is 5.53. The van der Waals surface area contributed by atoms with Crippen LogP contribution in [0.3, 0.4) is 0 Å². The van der Waals surface area contributed by atoms with Gasteiger partial charge in [-0.1, -0.05) is 20.3 Å². The van der Waals surface area contributed by atoms with E-state index in [9.17, 15) is 4.79 Å². The first-order chi connectivity index (χ1) is 7.26. The molecule has 3 heteroatoms. The van der Waals surface area contributed by atoms with Gasteiger partial charge in [0.1, 0.15) is 5.60 Å². The molecule has 0 aromatic heterocycles. The molecule has 2 atom stereocenters. The fourth-order valence-corrected chi connectivity index (χ4v) is 1.40. The lowest BCUT2D eigenvalue weighted by Gasteiger charge is -2.23. The molecule has 0 saturated carbocycles. The zero-order chi connectivity index (χ0) is 12.8. The van der Waals surface area contributed by atoms with E-state index in [2.05, 4.69) is 19.2 Å². The Balaban J connectivity index is 3.88. The first kappa shape index (κ1) is 15.4. The van der Waals surface area contributed by atoms with E-state index in [1.165, 1.54) is 0 Å². The number of rotatable bonds is 6. The summed E-state index contributed by atoms with van der Waals surface area (Å²) in [5, 5.41) is 3.35. The number of ether oxygens (including phenoxy) is 1. The van der Waals surface area contributed by atoms with Crippen molar-refractivity contribution in [1.29, 1.82) is 0 Å². The average Bonchev–Trinajstić information content (AvgIpc) is 2.11. The van der Waals surface area contributed by atoms with E-state index >= 15 is 0 Å². The summed E-state index contributed by atoms with van der Waals surface area (Å²) in [5.74, 6) is -0.206. The van der Waals surface area contributed by atoms with Gasteiger partial charge in [0.25, 0.3) is 0 Å². The maximum atomic E-state index is 11.7. The van der Waals surface area contributed by atoms with Gasteiger partial charge in [-0.3, -0.25) is 4.79 Å². The number of nitrogens with one attached hydrogen (secondary N) is 1. The van der Waals surface area contributed by atoms with Crippen LogP contribution in [0.1, 0.15) is 54.4 Å². The van der Waals surface area contributed by atoms with Crippen molar-refractivity contribution >= 4 is 5.97 Å². The van der Waals surface area contributed by atoms with Gasteiger partial charge in [-0.2, -0.15) is 0 Å². The van der Waals surface area contributed by atoms with Crippen LogP contribution in [0, 0.1) is 5.92 Å². The summed E-state index contributed by atoms with van der Waals surface area (Å²) in [6.45, 7) is 12.6. The molecule has 1 N–H and O–H groups in total. The van der Waals surface area contributed by atoms with Crippen molar-refractivity contribution in [2.75, 3.05) is 6.54 Å². The summed E-state index contributed by atoms with van der Waals surface area (Å²) in [4.78, 5) is 11.7. The molecule has 0 aliphatic heterocycles. The third-order valence-electron chi connectivity index (χ3n) is 2.30. The fraction of sp³-hybridized carbons (Fsp3) is 0.923. The predicted octanol–water partition coefficient (Wildman–Crippen LogP) is 2.74. The van der Waals surface area contributed by atoms with Crippen molar-refractivity contribution in [2.24, 2.45) is 5.92 Å². The van der Waals surface area contributed by atoms with Crippen molar-refractivity contribution in [3.8, 4) is 0 Å². The van der Waals surface area contributed by atoms with Gasteiger partial charge in [-0.25, -0.2) is 0 Å². The van der Waals surface area contributed by atoms with Crippen LogP contribution in [0.25, 0.3) is 0 Å². The number of esters is 1. The van der Waals surface area contributed by atoms with Crippen LogP contribution in [0.4, 0.5) is 0 Å². The van der Waals surface area contributed by atoms with E-state index in [0.717, 1.165) is 12.8 Å².